The van der Waals surface area contributed by atoms with E-state index in [1.807, 2.05) is 0 Å². The Morgan fingerprint density at radius 2 is 2.24 bits per heavy atom. The van der Waals surface area contributed by atoms with E-state index in [1.165, 1.54) is 6.07 Å². The minimum Gasteiger partial charge on any atom is -0.398 e. The van der Waals surface area contributed by atoms with Crippen LogP contribution in [0.1, 0.15) is 12.8 Å². The van der Waals surface area contributed by atoms with Gasteiger partial charge in [-0.05, 0) is 18.9 Å². The van der Waals surface area contributed by atoms with E-state index in [9.17, 15) is 13.2 Å². The van der Waals surface area contributed by atoms with Crippen molar-refractivity contribution in [1.82, 2.24) is 10.0 Å². The van der Waals surface area contributed by atoms with Crippen molar-refractivity contribution in [2.45, 2.75) is 23.1 Å². The summed E-state index contributed by atoms with van der Waals surface area (Å²) in [6, 6.07) is 1.59. The first kappa shape index (κ1) is 12.3. The first-order chi connectivity index (χ1) is 7.97. The summed E-state index contributed by atoms with van der Waals surface area (Å²) in [4.78, 5) is 11.3. The fourth-order valence-electron chi connectivity index (χ4n) is 1.21. The Bertz CT molecular complexity index is 519. The van der Waals surface area contributed by atoms with Gasteiger partial charge in [0, 0.05) is 17.1 Å². The molecule has 0 saturated heterocycles. The molecular formula is C9H13N3O3S2. The summed E-state index contributed by atoms with van der Waals surface area (Å²) in [5.74, 6) is -0.305. The Morgan fingerprint density at radius 3 is 2.76 bits per heavy atom. The number of anilines is 1. The van der Waals surface area contributed by atoms with Gasteiger partial charge in [0.1, 0.15) is 4.21 Å². The van der Waals surface area contributed by atoms with Gasteiger partial charge in [-0.2, -0.15) is 0 Å². The minimum absolute atomic E-state index is 0.120. The Morgan fingerprint density at radius 1 is 1.53 bits per heavy atom. The summed E-state index contributed by atoms with van der Waals surface area (Å²) >= 11 is 1.03. The monoisotopic (exact) mass is 275 g/mol. The van der Waals surface area contributed by atoms with Gasteiger partial charge in [-0.25, -0.2) is 13.1 Å². The van der Waals surface area contributed by atoms with Crippen LogP contribution in [0, 0.1) is 0 Å². The summed E-state index contributed by atoms with van der Waals surface area (Å²) in [6.07, 6.45) is 1.94. The average molecular weight is 275 g/mol. The Kier molecular flexibility index (Phi) is 3.36. The number of carbonyl (C=O) groups is 1. The number of thiophene rings is 1. The maximum Gasteiger partial charge on any atom is 0.250 e. The fourth-order valence-corrected chi connectivity index (χ4v) is 3.32. The number of nitrogens with two attached hydrogens (primary N) is 1. The zero-order chi connectivity index (χ0) is 12.5. The highest BCUT2D eigenvalue weighted by Crippen LogP contribution is 2.21. The summed E-state index contributed by atoms with van der Waals surface area (Å²) in [7, 11) is -3.62. The van der Waals surface area contributed by atoms with Gasteiger partial charge in [-0.1, -0.05) is 0 Å². The van der Waals surface area contributed by atoms with Crippen LogP contribution in [-0.2, 0) is 14.8 Å². The molecule has 0 radical (unpaired) electrons. The predicted octanol–water partition coefficient (Wildman–Crippen LogP) is -0.113. The summed E-state index contributed by atoms with van der Waals surface area (Å²) in [6.45, 7) is -0.239. The molecule has 1 aromatic heterocycles. The molecule has 0 bridgehead atoms. The van der Waals surface area contributed by atoms with Gasteiger partial charge in [-0.3, -0.25) is 4.79 Å². The van der Waals surface area contributed by atoms with E-state index in [2.05, 4.69) is 10.0 Å². The molecular weight excluding hydrogens is 262 g/mol. The van der Waals surface area contributed by atoms with E-state index < -0.39 is 10.0 Å². The molecule has 1 heterocycles. The second-order valence-electron chi connectivity index (χ2n) is 3.87. The molecule has 1 aromatic rings. The number of nitrogen functional groups attached to an aromatic ring is 1. The summed E-state index contributed by atoms with van der Waals surface area (Å²) in [5, 5.41) is 4.24. The lowest BCUT2D eigenvalue weighted by atomic mass is 10.5. The van der Waals surface area contributed by atoms with E-state index in [0.717, 1.165) is 24.2 Å². The fraction of sp³-hybridized carbons (Fsp3) is 0.444. The maximum absolute atomic E-state index is 11.7. The molecule has 0 spiro atoms. The van der Waals surface area contributed by atoms with Crippen LogP contribution in [-0.4, -0.2) is 26.9 Å². The largest absolute Gasteiger partial charge is 0.398 e. The highest BCUT2D eigenvalue weighted by atomic mass is 32.2. The van der Waals surface area contributed by atoms with Crippen molar-refractivity contribution in [3.63, 3.8) is 0 Å². The predicted molar refractivity (Wildman–Crippen MR) is 65.1 cm³/mol. The van der Waals surface area contributed by atoms with Crippen LogP contribution < -0.4 is 15.8 Å². The summed E-state index contributed by atoms with van der Waals surface area (Å²) in [5.41, 5.74) is 5.85. The van der Waals surface area contributed by atoms with Crippen molar-refractivity contribution in [3.8, 4) is 0 Å². The molecule has 1 aliphatic rings. The molecule has 0 aromatic carbocycles. The van der Waals surface area contributed by atoms with E-state index in [1.54, 1.807) is 5.38 Å². The van der Waals surface area contributed by atoms with Crippen LogP contribution in [0.3, 0.4) is 0 Å². The molecule has 1 saturated carbocycles. The number of sulfonamides is 1. The third-order valence-electron chi connectivity index (χ3n) is 2.23. The van der Waals surface area contributed by atoms with Gasteiger partial charge >= 0.3 is 0 Å². The van der Waals surface area contributed by atoms with E-state index in [4.69, 9.17) is 5.73 Å². The molecule has 2 rings (SSSR count). The lowest BCUT2D eigenvalue weighted by molar-refractivity contribution is -0.120. The quantitative estimate of drug-likeness (QED) is 0.697. The smallest absolute Gasteiger partial charge is 0.250 e. The molecule has 1 amide bonds. The van der Waals surface area contributed by atoms with Gasteiger partial charge < -0.3 is 11.1 Å². The standard InChI is InChI=1S/C9H13N3O3S2/c10-6-3-9(16-5-6)17(14,15)11-4-8(13)12-7-1-2-7/h3,5,7,11H,1-2,4,10H2,(H,12,13). The first-order valence-electron chi connectivity index (χ1n) is 5.10. The van der Waals surface area contributed by atoms with Crippen molar-refractivity contribution in [3.05, 3.63) is 11.4 Å². The zero-order valence-corrected chi connectivity index (χ0v) is 10.6. The number of rotatable bonds is 5. The molecule has 17 heavy (non-hydrogen) atoms. The van der Waals surface area contributed by atoms with Crippen LogP contribution in [0.25, 0.3) is 0 Å². The van der Waals surface area contributed by atoms with Gasteiger partial charge in [0.05, 0.1) is 6.54 Å². The van der Waals surface area contributed by atoms with E-state index in [0.29, 0.717) is 5.69 Å². The van der Waals surface area contributed by atoms with Crippen molar-refractivity contribution in [1.29, 1.82) is 0 Å². The lowest BCUT2D eigenvalue weighted by Crippen LogP contribution is -2.37. The average Bonchev–Trinajstić information content (AvgIpc) is 2.95. The van der Waals surface area contributed by atoms with Gasteiger partial charge in [0.2, 0.25) is 5.91 Å². The number of amides is 1. The maximum atomic E-state index is 11.7. The Labute approximate surface area is 103 Å². The molecule has 0 aliphatic heterocycles. The SMILES string of the molecule is Nc1csc(S(=O)(=O)NCC(=O)NC2CC2)c1. The number of nitrogens with one attached hydrogen (secondary N) is 2. The van der Waals surface area contributed by atoms with Crippen LogP contribution in [0.15, 0.2) is 15.7 Å². The molecule has 4 N–H and O–H groups in total. The molecule has 1 fully saturated rings. The summed E-state index contributed by atoms with van der Waals surface area (Å²) < 4.78 is 25.8. The first-order valence-corrected chi connectivity index (χ1v) is 7.47. The Balaban J connectivity index is 1.90. The molecule has 6 nitrogen and oxygen atoms in total. The van der Waals surface area contributed by atoms with Crippen LogP contribution in [0.5, 0.6) is 0 Å². The number of hydrogen-bond donors (Lipinski definition) is 3. The van der Waals surface area contributed by atoms with Gasteiger partial charge in [0.25, 0.3) is 10.0 Å². The third-order valence-corrected chi connectivity index (χ3v) is 5.08. The Hall–Kier alpha value is -1.12. The molecule has 94 valence electrons. The van der Waals surface area contributed by atoms with Crippen molar-refractivity contribution < 1.29 is 13.2 Å². The van der Waals surface area contributed by atoms with Gasteiger partial charge in [-0.15, -0.1) is 11.3 Å². The van der Waals surface area contributed by atoms with Crippen LogP contribution in [0.4, 0.5) is 5.69 Å². The van der Waals surface area contributed by atoms with Crippen LogP contribution >= 0.6 is 11.3 Å². The highest BCUT2D eigenvalue weighted by Gasteiger charge is 2.24. The number of hydrogen-bond acceptors (Lipinski definition) is 5. The molecule has 8 heteroatoms. The van der Waals surface area contributed by atoms with E-state index >= 15 is 0 Å². The minimum atomic E-state index is -3.62. The zero-order valence-electron chi connectivity index (χ0n) is 8.97. The van der Waals surface area contributed by atoms with E-state index in [-0.39, 0.29) is 22.7 Å². The van der Waals surface area contributed by atoms with Crippen molar-refractivity contribution in [2.24, 2.45) is 0 Å². The van der Waals surface area contributed by atoms with Crippen molar-refractivity contribution >= 4 is 33.0 Å². The second-order valence-corrected chi connectivity index (χ2v) is 6.77. The third kappa shape index (κ3) is 3.42. The van der Waals surface area contributed by atoms with Gasteiger partial charge in [0.15, 0.2) is 0 Å². The van der Waals surface area contributed by atoms with Crippen LogP contribution in [0.2, 0.25) is 0 Å². The topological polar surface area (TPSA) is 101 Å². The highest BCUT2D eigenvalue weighted by molar-refractivity contribution is 7.91. The lowest BCUT2D eigenvalue weighted by Gasteiger charge is -2.05. The second kappa shape index (κ2) is 4.63. The number of carbonyl (C=O) groups excluding carboxylic acids is 1. The van der Waals surface area contributed by atoms with Crippen molar-refractivity contribution in [2.75, 3.05) is 12.3 Å². The molecule has 0 atom stereocenters. The normalized spacial score (nSPS) is 15.8. The molecule has 1 aliphatic carbocycles. The molecule has 0 unspecified atom stereocenters.